The Morgan fingerprint density at radius 3 is 2.88 bits per heavy atom. The van der Waals surface area contributed by atoms with Crippen molar-refractivity contribution < 1.29 is 9.84 Å². The van der Waals surface area contributed by atoms with Crippen molar-refractivity contribution in [2.75, 3.05) is 5.73 Å². The number of benzene rings is 1. The van der Waals surface area contributed by atoms with Crippen LogP contribution in [0.5, 0.6) is 17.4 Å². The number of rotatable bonds is 2. The van der Waals surface area contributed by atoms with Crippen molar-refractivity contribution in [2.24, 2.45) is 0 Å². The van der Waals surface area contributed by atoms with Gasteiger partial charge < -0.3 is 15.6 Å². The molecule has 0 amide bonds. The van der Waals surface area contributed by atoms with E-state index in [2.05, 4.69) is 20.9 Å². The third-order valence-electron chi connectivity index (χ3n) is 2.19. The van der Waals surface area contributed by atoms with Gasteiger partial charge in [-0.1, -0.05) is 6.07 Å². The molecule has 1 heterocycles. The van der Waals surface area contributed by atoms with Crippen molar-refractivity contribution in [3.05, 3.63) is 40.5 Å². The molecule has 0 atom stereocenters. The Hall–Kier alpha value is -1.75. The van der Waals surface area contributed by atoms with Gasteiger partial charge in [0.15, 0.2) is 5.75 Å². The summed E-state index contributed by atoms with van der Waals surface area (Å²) in [5.41, 5.74) is 6.91. The maximum Gasteiger partial charge on any atom is 0.233 e. The van der Waals surface area contributed by atoms with Gasteiger partial charge in [0.1, 0.15) is 11.4 Å². The standard InChI is InChI=1S/C12H11BrN2O2/c1-7-5-8(13)12(15-6-7)17-10-4-2-3-9(16)11(10)14/h2-6,16H,14H2,1H3. The Bertz CT molecular complexity index is 558. The number of nitrogen functional groups attached to an aromatic ring is 1. The van der Waals surface area contributed by atoms with Crippen molar-refractivity contribution >= 4 is 21.6 Å². The van der Waals surface area contributed by atoms with Gasteiger partial charge in [-0.25, -0.2) is 4.98 Å². The topological polar surface area (TPSA) is 68.4 Å². The number of pyridine rings is 1. The van der Waals surface area contributed by atoms with Gasteiger partial charge in [-0.3, -0.25) is 0 Å². The molecule has 4 nitrogen and oxygen atoms in total. The van der Waals surface area contributed by atoms with Gasteiger partial charge in [-0.2, -0.15) is 0 Å². The van der Waals surface area contributed by atoms with Gasteiger partial charge in [0.25, 0.3) is 0 Å². The Morgan fingerprint density at radius 1 is 1.41 bits per heavy atom. The summed E-state index contributed by atoms with van der Waals surface area (Å²) >= 11 is 3.36. The fraction of sp³-hybridized carbons (Fsp3) is 0.0833. The van der Waals surface area contributed by atoms with Gasteiger partial charge >= 0.3 is 0 Å². The first-order valence-electron chi connectivity index (χ1n) is 4.95. The van der Waals surface area contributed by atoms with Crippen LogP contribution in [0.25, 0.3) is 0 Å². The van der Waals surface area contributed by atoms with Crippen LogP contribution >= 0.6 is 15.9 Å². The molecule has 0 aliphatic carbocycles. The predicted molar refractivity (Wildman–Crippen MR) is 69.3 cm³/mol. The molecule has 0 saturated carbocycles. The maximum atomic E-state index is 9.45. The normalized spacial score (nSPS) is 10.2. The number of phenolic OH excluding ortho intramolecular Hbond substituents is 1. The van der Waals surface area contributed by atoms with Crippen molar-refractivity contribution in [3.63, 3.8) is 0 Å². The van der Waals surface area contributed by atoms with Gasteiger partial charge in [-0.15, -0.1) is 0 Å². The molecule has 0 bridgehead atoms. The Morgan fingerprint density at radius 2 is 2.18 bits per heavy atom. The lowest BCUT2D eigenvalue weighted by molar-refractivity contribution is 0.447. The molecule has 5 heteroatoms. The largest absolute Gasteiger partial charge is 0.506 e. The summed E-state index contributed by atoms with van der Waals surface area (Å²) < 4.78 is 6.27. The van der Waals surface area contributed by atoms with Crippen LogP contribution in [-0.4, -0.2) is 10.1 Å². The maximum absolute atomic E-state index is 9.45. The molecule has 0 aliphatic heterocycles. The smallest absolute Gasteiger partial charge is 0.233 e. The van der Waals surface area contributed by atoms with E-state index < -0.39 is 0 Å². The second kappa shape index (κ2) is 4.63. The molecule has 88 valence electrons. The molecule has 17 heavy (non-hydrogen) atoms. The highest BCUT2D eigenvalue weighted by Crippen LogP contribution is 2.35. The first-order chi connectivity index (χ1) is 8.08. The Balaban J connectivity index is 2.35. The van der Waals surface area contributed by atoms with Gasteiger partial charge in [0, 0.05) is 6.20 Å². The minimum atomic E-state index is -0.00858. The molecule has 3 N–H and O–H groups in total. The van der Waals surface area contributed by atoms with Crippen LogP contribution in [-0.2, 0) is 0 Å². The predicted octanol–water partition coefficient (Wildman–Crippen LogP) is 3.23. The van der Waals surface area contributed by atoms with E-state index in [9.17, 15) is 5.11 Å². The fourth-order valence-electron chi connectivity index (χ4n) is 1.32. The quantitative estimate of drug-likeness (QED) is 0.659. The summed E-state index contributed by atoms with van der Waals surface area (Å²) in [5, 5.41) is 9.45. The molecule has 0 saturated heterocycles. The zero-order chi connectivity index (χ0) is 12.4. The highest BCUT2D eigenvalue weighted by atomic mass is 79.9. The molecule has 0 spiro atoms. The Labute approximate surface area is 107 Å². The lowest BCUT2D eigenvalue weighted by Gasteiger charge is -2.09. The molecule has 0 fully saturated rings. The summed E-state index contributed by atoms with van der Waals surface area (Å²) in [6.07, 6.45) is 1.69. The van der Waals surface area contributed by atoms with Crippen LogP contribution in [0.1, 0.15) is 5.56 Å². The SMILES string of the molecule is Cc1cnc(Oc2cccc(O)c2N)c(Br)c1. The molecule has 2 rings (SSSR count). The number of phenols is 1. The van der Waals surface area contributed by atoms with Crippen LogP contribution < -0.4 is 10.5 Å². The minimum absolute atomic E-state index is 0.00858. The number of para-hydroxylation sites is 1. The summed E-state index contributed by atoms with van der Waals surface area (Å²) in [6, 6.07) is 6.72. The number of nitrogens with two attached hydrogens (primary N) is 1. The number of aromatic nitrogens is 1. The lowest BCUT2D eigenvalue weighted by atomic mass is 10.3. The molecule has 0 unspecified atom stereocenters. The van der Waals surface area contributed by atoms with E-state index in [1.54, 1.807) is 18.3 Å². The van der Waals surface area contributed by atoms with E-state index in [1.165, 1.54) is 6.07 Å². The number of anilines is 1. The highest BCUT2D eigenvalue weighted by Gasteiger charge is 2.09. The van der Waals surface area contributed by atoms with Crippen LogP contribution in [0.3, 0.4) is 0 Å². The van der Waals surface area contributed by atoms with E-state index in [0.717, 1.165) is 10.0 Å². The van der Waals surface area contributed by atoms with Gasteiger partial charge in [-0.05, 0) is 46.6 Å². The third kappa shape index (κ3) is 2.50. The number of nitrogens with zero attached hydrogens (tertiary/aromatic N) is 1. The molecule has 0 radical (unpaired) electrons. The zero-order valence-electron chi connectivity index (χ0n) is 9.14. The van der Waals surface area contributed by atoms with E-state index in [0.29, 0.717) is 11.6 Å². The Kier molecular flexibility index (Phi) is 3.19. The van der Waals surface area contributed by atoms with Crippen LogP contribution in [0.15, 0.2) is 34.9 Å². The first kappa shape index (κ1) is 11.7. The number of hydrogen-bond acceptors (Lipinski definition) is 4. The highest BCUT2D eigenvalue weighted by molar-refractivity contribution is 9.10. The van der Waals surface area contributed by atoms with E-state index in [4.69, 9.17) is 10.5 Å². The molecule has 1 aromatic heterocycles. The van der Waals surface area contributed by atoms with Crippen LogP contribution in [0.2, 0.25) is 0 Å². The minimum Gasteiger partial charge on any atom is -0.506 e. The number of hydrogen-bond donors (Lipinski definition) is 2. The summed E-state index contributed by atoms with van der Waals surface area (Å²) in [7, 11) is 0. The molecule has 1 aromatic carbocycles. The summed E-state index contributed by atoms with van der Waals surface area (Å²) in [5.74, 6) is 0.778. The van der Waals surface area contributed by atoms with Crippen LogP contribution in [0, 0.1) is 6.92 Å². The van der Waals surface area contributed by atoms with Crippen molar-refractivity contribution in [1.29, 1.82) is 0 Å². The second-order valence-corrected chi connectivity index (χ2v) is 4.44. The summed E-state index contributed by atoms with van der Waals surface area (Å²) in [6.45, 7) is 1.93. The summed E-state index contributed by atoms with van der Waals surface area (Å²) in [4.78, 5) is 4.14. The fourth-order valence-corrected chi connectivity index (χ4v) is 1.87. The number of aromatic hydroxyl groups is 1. The number of ether oxygens (including phenoxy) is 1. The molecule has 2 aromatic rings. The average molecular weight is 295 g/mol. The lowest BCUT2D eigenvalue weighted by Crippen LogP contribution is -1.95. The van der Waals surface area contributed by atoms with Crippen molar-refractivity contribution in [1.82, 2.24) is 4.98 Å². The molecular weight excluding hydrogens is 284 g/mol. The van der Waals surface area contributed by atoms with E-state index >= 15 is 0 Å². The van der Waals surface area contributed by atoms with E-state index in [-0.39, 0.29) is 11.4 Å². The third-order valence-corrected chi connectivity index (χ3v) is 2.76. The van der Waals surface area contributed by atoms with Crippen molar-refractivity contribution in [2.45, 2.75) is 6.92 Å². The average Bonchev–Trinajstić information content (AvgIpc) is 2.28. The van der Waals surface area contributed by atoms with Gasteiger partial charge in [0.2, 0.25) is 5.88 Å². The first-order valence-corrected chi connectivity index (χ1v) is 5.74. The molecular formula is C12H11BrN2O2. The number of aryl methyl sites for hydroxylation is 1. The monoisotopic (exact) mass is 294 g/mol. The second-order valence-electron chi connectivity index (χ2n) is 3.59. The molecule has 0 aliphatic rings. The zero-order valence-corrected chi connectivity index (χ0v) is 10.7. The van der Waals surface area contributed by atoms with Crippen LogP contribution in [0.4, 0.5) is 5.69 Å². The van der Waals surface area contributed by atoms with E-state index in [1.807, 2.05) is 13.0 Å². The van der Waals surface area contributed by atoms with Gasteiger partial charge in [0.05, 0.1) is 4.47 Å². The number of halogens is 1. The van der Waals surface area contributed by atoms with Crippen molar-refractivity contribution in [3.8, 4) is 17.4 Å².